The monoisotopic (exact) mass is 398 g/mol. The third-order valence-corrected chi connectivity index (χ3v) is 4.67. The number of rotatable bonds is 7. The summed E-state index contributed by atoms with van der Waals surface area (Å²) in [5, 5.41) is 2.86. The largest absolute Gasteiger partial charge is 0.493 e. The van der Waals surface area contributed by atoms with Crippen LogP contribution in [-0.2, 0) is 9.59 Å². The van der Waals surface area contributed by atoms with E-state index in [0.717, 1.165) is 11.4 Å². The molecule has 1 aliphatic heterocycles. The van der Waals surface area contributed by atoms with Crippen LogP contribution in [0.15, 0.2) is 42.5 Å². The first-order valence-corrected chi connectivity index (χ1v) is 9.51. The molecule has 29 heavy (non-hydrogen) atoms. The average Bonchev–Trinajstić information content (AvgIpc) is 3.10. The lowest BCUT2D eigenvalue weighted by Crippen LogP contribution is -2.28. The van der Waals surface area contributed by atoms with Gasteiger partial charge in [-0.3, -0.25) is 9.59 Å². The molecular weight excluding hydrogens is 372 g/mol. The SMILES string of the molecule is COc1ccc(NC(=O)C2CC(=O)N(c3ccc(OC(C)C)cc3)C2)cc1OC. The van der Waals surface area contributed by atoms with Gasteiger partial charge in [0.25, 0.3) is 0 Å². The quantitative estimate of drug-likeness (QED) is 0.773. The van der Waals surface area contributed by atoms with Crippen molar-refractivity contribution in [1.29, 1.82) is 0 Å². The van der Waals surface area contributed by atoms with Crippen LogP contribution in [0.25, 0.3) is 0 Å². The smallest absolute Gasteiger partial charge is 0.229 e. The highest BCUT2D eigenvalue weighted by Gasteiger charge is 2.35. The fraction of sp³-hybridized carbons (Fsp3) is 0.364. The van der Waals surface area contributed by atoms with Gasteiger partial charge in [0.15, 0.2) is 11.5 Å². The molecule has 154 valence electrons. The maximum absolute atomic E-state index is 12.7. The minimum absolute atomic E-state index is 0.0741. The van der Waals surface area contributed by atoms with Crippen molar-refractivity contribution in [3.63, 3.8) is 0 Å². The Kier molecular flexibility index (Phi) is 6.26. The summed E-state index contributed by atoms with van der Waals surface area (Å²) in [5.41, 5.74) is 1.35. The van der Waals surface area contributed by atoms with Crippen molar-refractivity contribution < 1.29 is 23.8 Å². The van der Waals surface area contributed by atoms with E-state index in [1.165, 1.54) is 7.11 Å². The number of benzene rings is 2. The molecule has 0 bridgehead atoms. The van der Waals surface area contributed by atoms with Gasteiger partial charge in [-0.15, -0.1) is 0 Å². The Labute approximate surface area is 170 Å². The van der Waals surface area contributed by atoms with E-state index in [2.05, 4.69) is 5.32 Å². The van der Waals surface area contributed by atoms with Crippen molar-refractivity contribution in [1.82, 2.24) is 0 Å². The van der Waals surface area contributed by atoms with Crippen LogP contribution in [0.5, 0.6) is 17.2 Å². The van der Waals surface area contributed by atoms with Gasteiger partial charge in [0.05, 0.1) is 26.2 Å². The third-order valence-electron chi connectivity index (χ3n) is 4.67. The summed E-state index contributed by atoms with van der Waals surface area (Å²) in [4.78, 5) is 26.8. The summed E-state index contributed by atoms with van der Waals surface area (Å²) in [6.45, 7) is 4.25. The van der Waals surface area contributed by atoms with Gasteiger partial charge in [-0.1, -0.05) is 0 Å². The second-order valence-electron chi connectivity index (χ2n) is 7.12. The number of methoxy groups -OCH3 is 2. The van der Waals surface area contributed by atoms with Gasteiger partial charge in [-0.05, 0) is 50.2 Å². The fourth-order valence-corrected chi connectivity index (χ4v) is 3.27. The molecule has 0 radical (unpaired) electrons. The second-order valence-corrected chi connectivity index (χ2v) is 7.12. The highest BCUT2D eigenvalue weighted by molar-refractivity contribution is 6.03. The molecule has 1 aliphatic rings. The molecule has 2 amide bonds. The summed E-state index contributed by atoms with van der Waals surface area (Å²) in [6.07, 6.45) is 0.252. The number of carbonyl (C=O) groups is 2. The maximum atomic E-state index is 12.7. The van der Waals surface area contributed by atoms with E-state index in [1.807, 2.05) is 38.1 Å². The molecule has 0 saturated carbocycles. The molecular formula is C22H26N2O5. The molecule has 0 spiro atoms. The second kappa shape index (κ2) is 8.86. The maximum Gasteiger partial charge on any atom is 0.229 e. The van der Waals surface area contributed by atoms with E-state index >= 15 is 0 Å². The van der Waals surface area contributed by atoms with E-state index in [1.54, 1.807) is 30.2 Å². The number of nitrogens with one attached hydrogen (secondary N) is 1. The molecule has 2 aromatic carbocycles. The van der Waals surface area contributed by atoms with E-state index in [9.17, 15) is 9.59 Å². The molecule has 1 heterocycles. The fourth-order valence-electron chi connectivity index (χ4n) is 3.27. The highest BCUT2D eigenvalue weighted by Crippen LogP contribution is 2.31. The van der Waals surface area contributed by atoms with Crippen LogP contribution in [0.1, 0.15) is 20.3 Å². The van der Waals surface area contributed by atoms with Crippen molar-refractivity contribution in [2.45, 2.75) is 26.4 Å². The normalized spacial score (nSPS) is 16.1. The predicted molar refractivity (Wildman–Crippen MR) is 111 cm³/mol. The van der Waals surface area contributed by atoms with Crippen LogP contribution < -0.4 is 24.4 Å². The van der Waals surface area contributed by atoms with Crippen LogP contribution >= 0.6 is 0 Å². The van der Waals surface area contributed by atoms with Crippen molar-refractivity contribution >= 4 is 23.2 Å². The number of hydrogen-bond acceptors (Lipinski definition) is 5. The number of carbonyl (C=O) groups excluding carboxylic acids is 2. The van der Waals surface area contributed by atoms with Crippen molar-refractivity contribution in [3.05, 3.63) is 42.5 Å². The molecule has 1 unspecified atom stereocenters. The van der Waals surface area contributed by atoms with Crippen LogP contribution in [0.2, 0.25) is 0 Å². The first-order valence-electron chi connectivity index (χ1n) is 9.51. The Morgan fingerprint density at radius 3 is 2.38 bits per heavy atom. The molecule has 3 rings (SSSR count). The van der Waals surface area contributed by atoms with Gasteiger partial charge in [0.2, 0.25) is 11.8 Å². The van der Waals surface area contributed by atoms with E-state index < -0.39 is 5.92 Å². The van der Waals surface area contributed by atoms with Gasteiger partial charge >= 0.3 is 0 Å². The van der Waals surface area contributed by atoms with Crippen LogP contribution in [0.3, 0.4) is 0 Å². The summed E-state index contributed by atoms with van der Waals surface area (Å²) in [7, 11) is 3.09. The summed E-state index contributed by atoms with van der Waals surface area (Å²) in [6, 6.07) is 12.5. The lowest BCUT2D eigenvalue weighted by Gasteiger charge is -2.18. The molecule has 1 saturated heterocycles. The molecule has 2 aromatic rings. The van der Waals surface area contributed by atoms with Crippen molar-refractivity contribution in [3.8, 4) is 17.2 Å². The summed E-state index contributed by atoms with van der Waals surface area (Å²) >= 11 is 0. The highest BCUT2D eigenvalue weighted by atomic mass is 16.5. The van der Waals surface area contributed by atoms with Crippen LogP contribution in [-0.4, -0.2) is 38.7 Å². The topological polar surface area (TPSA) is 77.1 Å². The van der Waals surface area contributed by atoms with E-state index in [4.69, 9.17) is 14.2 Å². The number of amides is 2. The zero-order chi connectivity index (χ0) is 21.0. The number of anilines is 2. The zero-order valence-corrected chi connectivity index (χ0v) is 17.1. The van der Waals surface area contributed by atoms with E-state index in [0.29, 0.717) is 23.7 Å². The molecule has 7 nitrogen and oxygen atoms in total. The molecule has 1 N–H and O–H groups in total. The lowest BCUT2D eigenvalue weighted by molar-refractivity contribution is -0.122. The third kappa shape index (κ3) is 4.80. The minimum Gasteiger partial charge on any atom is -0.493 e. The first-order chi connectivity index (χ1) is 13.9. The van der Waals surface area contributed by atoms with Crippen molar-refractivity contribution in [2.24, 2.45) is 5.92 Å². The standard InChI is InChI=1S/C22H26N2O5/c1-14(2)29-18-8-6-17(7-9-18)24-13-15(11-21(24)25)22(26)23-16-5-10-19(27-3)20(12-16)28-4/h5-10,12,14-15H,11,13H2,1-4H3,(H,23,26). The molecule has 1 atom stereocenters. The molecule has 7 heteroatoms. The predicted octanol–water partition coefficient (Wildman–Crippen LogP) is 3.48. The Bertz CT molecular complexity index is 879. The van der Waals surface area contributed by atoms with Gasteiger partial charge in [0, 0.05) is 30.4 Å². The minimum atomic E-state index is -0.429. The molecule has 0 aromatic heterocycles. The Hall–Kier alpha value is -3.22. The Morgan fingerprint density at radius 2 is 1.76 bits per heavy atom. The van der Waals surface area contributed by atoms with Crippen LogP contribution in [0, 0.1) is 5.92 Å². The average molecular weight is 398 g/mol. The molecule has 1 fully saturated rings. The molecule has 0 aliphatic carbocycles. The number of nitrogens with zero attached hydrogens (tertiary/aromatic N) is 1. The van der Waals surface area contributed by atoms with Gasteiger partial charge in [-0.25, -0.2) is 0 Å². The first kappa shape index (κ1) is 20.5. The zero-order valence-electron chi connectivity index (χ0n) is 17.1. The Balaban J connectivity index is 1.66. The van der Waals surface area contributed by atoms with Crippen molar-refractivity contribution in [2.75, 3.05) is 31.0 Å². The number of ether oxygens (including phenoxy) is 3. The Morgan fingerprint density at radius 1 is 1.07 bits per heavy atom. The van der Waals surface area contributed by atoms with Crippen LogP contribution in [0.4, 0.5) is 11.4 Å². The van der Waals surface area contributed by atoms with Gasteiger partial charge < -0.3 is 24.4 Å². The summed E-state index contributed by atoms with van der Waals surface area (Å²) < 4.78 is 16.1. The van der Waals surface area contributed by atoms with E-state index in [-0.39, 0.29) is 24.3 Å². The van der Waals surface area contributed by atoms with Gasteiger partial charge in [0.1, 0.15) is 5.75 Å². The summed E-state index contributed by atoms with van der Waals surface area (Å²) in [5.74, 6) is 1.15. The number of hydrogen-bond donors (Lipinski definition) is 1. The lowest BCUT2D eigenvalue weighted by atomic mass is 10.1. The van der Waals surface area contributed by atoms with Gasteiger partial charge in [-0.2, -0.15) is 0 Å².